The molecule has 4 heteroatoms. The Hall–Kier alpha value is -1.13. The highest BCUT2D eigenvalue weighted by Gasteiger charge is 2.11. The van der Waals surface area contributed by atoms with Gasteiger partial charge in [0.1, 0.15) is 0 Å². The van der Waals surface area contributed by atoms with Gasteiger partial charge in [-0.1, -0.05) is 6.07 Å². The Kier molecular flexibility index (Phi) is 4.52. The predicted octanol–water partition coefficient (Wildman–Crippen LogP) is 1.26. The van der Waals surface area contributed by atoms with Gasteiger partial charge in [0, 0.05) is 12.5 Å². The summed E-state index contributed by atoms with van der Waals surface area (Å²) in [5.41, 5.74) is 6.14. The lowest BCUT2D eigenvalue weighted by Crippen LogP contribution is -2.16. The van der Waals surface area contributed by atoms with Crippen LogP contribution in [0.1, 0.15) is 18.4 Å². The van der Waals surface area contributed by atoms with Crippen molar-refractivity contribution < 1.29 is 14.2 Å². The van der Waals surface area contributed by atoms with Crippen LogP contribution in [0, 0.1) is 5.82 Å². The van der Waals surface area contributed by atoms with Crippen molar-refractivity contribution in [3.8, 4) is 5.75 Å². The summed E-state index contributed by atoms with van der Waals surface area (Å²) in [6, 6.07) is 4.65. The van der Waals surface area contributed by atoms with Crippen LogP contribution in [0.25, 0.3) is 0 Å². The molecule has 0 saturated heterocycles. The molecule has 0 bridgehead atoms. The molecule has 15 heavy (non-hydrogen) atoms. The van der Waals surface area contributed by atoms with E-state index in [9.17, 15) is 4.39 Å². The smallest absolute Gasteiger partial charge is 0.165 e. The van der Waals surface area contributed by atoms with E-state index in [2.05, 4.69) is 0 Å². The maximum absolute atomic E-state index is 13.4. The second-order valence-electron chi connectivity index (χ2n) is 3.24. The van der Waals surface area contributed by atoms with Crippen LogP contribution in [-0.4, -0.2) is 24.9 Å². The standard InChI is InChI=1S/C11H16FNO2/c1-2-15-11-4-3-8(5-10(11)12)9(6-13)7-14/h3-5,9,14H,2,6-7,13H2,1H3. The quantitative estimate of drug-likeness (QED) is 0.774. The van der Waals surface area contributed by atoms with Crippen molar-refractivity contribution in [1.82, 2.24) is 0 Å². The minimum absolute atomic E-state index is 0.0794. The molecular formula is C11H16FNO2. The van der Waals surface area contributed by atoms with E-state index in [4.69, 9.17) is 15.6 Å². The van der Waals surface area contributed by atoms with Gasteiger partial charge >= 0.3 is 0 Å². The van der Waals surface area contributed by atoms with Crippen LogP contribution in [0.4, 0.5) is 4.39 Å². The van der Waals surface area contributed by atoms with Crippen molar-refractivity contribution in [3.63, 3.8) is 0 Å². The third kappa shape index (κ3) is 2.91. The summed E-state index contributed by atoms with van der Waals surface area (Å²) in [7, 11) is 0. The molecule has 0 saturated carbocycles. The van der Waals surface area contributed by atoms with Gasteiger partial charge < -0.3 is 15.6 Å². The maximum atomic E-state index is 13.4. The van der Waals surface area contributed by atoms with Gasteiger partial charge in [-0.25, -0.2) is 4.39 Å². The lowest BCUT2D eigenvalue weighted by atomic mass is 10.00. The van der Waals surface area contributed by atoms with E-state index in [1.807, 2.05) is 0 Å². The summed E-state index contributed by atoms with van der Waals surface area (Å²) in [4.78, 5) is 0. The fourth-order valence-electron chi connectivity index (χ4n) is 1.36. The van der Waals surface area contributed by atoms with Crippen molar-refractivity contribution >= 4 is 0 Å². The van der Waals surface area contributed by atoms with Crippen LogP contribution >= 0.6 is 0 Å². The first-order chi connectivity index (χ1) is 7.22. The summed E-state index contributed by atoms with van der Waals surface area (Å²) in [5.74, 6) is -0.397. The predicted molar refractivity (Wildman–Crippen MR) is 56.5 cm³/mol. The summed E-state index contributed by atoms with van der Waals surface area (Å²) in [6.45, 7) is 2.44. The molecule has 0 aliphatic heterocycles. The Bertz CT molecular complexity index is 313. The van der Waals surface area contributed by atoms with E-state index in [-0.39, 0.29) is 18.3 Å². The number of nitrogens with two attached hydrogens (primary N) is 1. The average Bonchev–Trinajstić information content (AvgIpc) is 2.24. The molecule has 0 spiro atoms. The Balaban J connectivity index is 2.89. The van der Waals surface area contributed by atoms with E-state index in [0.717, 1.165) is 0 Å². The Morgan fingerprint density at radius 1 is 1.53 bits per heavy atom. The van der Waals surface area contributed by atoms with Gasteiger partial charge in [0.25, 0.3) is 0 Å². The third-order valence-electron chi connectivity index (χ3n) is 2.23. The van der Waals surface area contributed by atoms with Crippen LogP contribution in [-0.2, 0) is 0 Å². The van der Waals surface area contributed by atoms with Crippen LogP contribution in [0.15, 0.2) is 18.2 Å². The molecule has 84 valence electrons. The number of halogens is 1. The highest BCUT2D eigenvalue weighted by Crippen LogP contribution is 2.22. The van der Waals surface area contributed by atoms with Gasteiger partial charge in [0.15, 0.2) is 11.6 Å². The van der Waals surface area contributed by atoms with Crippen molar-refractivity contribution in [3.05, 3.63) is 29.6 Å². The maximum Gasteiger partial charge on any atom is 0.165 e. The van der Waals surface area contributed by atoms with Crippen LogP contribution < -0.4 is 10.5 Å². The molecule has 1 aromatic rings. The van der Waals surface area contributed by atoms with E-state index in [1.165, 1.54) is 6.07 Å². The van der Waals surface area contributed by atoms with Crippen LogP contribution in [0.2, 0.25) is 0 Å². The SMILES string of the molecule is CCOc1ccc(C(CN)CO)cc1F. The van der Waals surface area contributed by atoms with Crippen molar-refractivity contribution in [2.24, 2.45) is 5.73 Å². The van der Waals surface area contributed by atoms with E-state index in [0.29, 0.717) is 18.7 Å². The number of rotatable bonds is 5. The highest BCUT2D eigenvalue weighted by atomic mass is 19.1. The van der Waals surface area contributed by atoms with Crippen molar-refractivity contribution in [1.29, 1.82) is 0 Å². The molecule has 1 unspecified atom stereocenters. The topological polar surface area (TPSA) is 55.5 Å². The zero-order chi connectivity index (χ0) is 11.3. The van der Waals surface area contributed by atoms with E-state index < -0.39 is 5.82 Å². The number of hydrogen-bond donors (Lipinski definition) is 2. The van der Waals surface area contributed by atoms with Crippen molar-refractivity contribution in [2.75, 3.05) is 19.8 Å². The second-order valence-corrected chi connectivity index (χ2v) is 3.24. The van der Waals surface area contributed by atoms with Gasteiger partial charge in [0.2, 0.25) is 0 Å². The zero-order valence-electron chi connectivity index (χ0n) is 8.74. The highest BCUT2D eigenvalue weighted by molar-refractivity contribution is 5.31. The van der Waals surface area contributed by atoms with Gasteiger partial charge in [-0.3, -0.25) is 0 Å². The van der Waals surface area contributed by atoms with Crippen molar-refractivity contribution in [2.45, 2.75) is 12.8 Å². The first-order valence-electron chi connectivity index (χ1n) is 4.96. The molecule has 1 rings (SSSR count). The Morgan fingerprint density at radius 2 is 2.27 bits per heavy atom. The molecule has 3 nitrogen and oxygen atoms in total. The average molecular weight is 213 g/mol. The van der Waals surface area contributed by atoms with E-state index >= 15 is 0 Å². The lowest BCUT2D eigenvalue weighted by molar-refractivity contribution is 0.267. The molecule has 0 aromatic heterocycles. The zero-order valence-corrected chi connectivity index (χ0v) is 8.74. The second kappa shape index (κ2) is 5.68. The van der Waals surface area contributed by atoms with Crippen LogP contribution in [0.5, 0.6) is 5.75 Å². The van der Waals surface area contributed by atoms with Crippen LogP contribution in [0.3, 0.4) is 0 Å². The normalized spacial score (nSPS) is 12.5. The summed E-state index contributed by atoms with van der Waals surface area (Å²) in [6.07, 6.45) is 0. The molecule has 3 N–H and O–H groups in total. The number of ether oxygens (including phenoxy) is 1. The number of benzene rings is 1. The molecule has 0 aliphatic carbocycles. The molecule has 0 heterocycles. The summed E-state index contributed by atoms with van der Waals surface area (Å²) in [5, 5.41) is 9.01. The van der Waals surface area contributed by atoms with Gasteiger partial charge in [-0.05, 0) is 24.6 Å². The minimum atomic E-state index is -0.416. The molecule has 0 aliphatic rings. The molecular weight excluding hydrogens is 197 g/mol. The largest absolute Gasteiger partial charge is 0.491 e. The molecule has 1 aromatic carbocycles. The summed E-state index contributed by atoms with van der Waals surface area (Å²) >= 11 is 0. The Morgan fingerprint density at radius 3 is 2.73 bits per heavy atom. The Labute approximate surface area is 88.7 Å². The third-order valence-corrected chi connectivity index (χ3v) is 2.23. The number of aliphatic hydroxyl groups is 1. The lowest BCUT2D eigenvalue weighted by Gasteiger charge is -2.13. The fourth-order valence-corrected chi connectivity index (χ4v) is 1.36. The number of hydrogen-bond acceptors (Lipinski definition) is 3. The molecule has 1 atom stereocenters. The minimum Gasteiger partial charge on any atom is -0.491 e. The molecule has 0 amide bonds. The monoisotopic (exact) mass is 213 g/mol. The van der Waals surface area contributed by atoms with Gasteiger partial charge in [-0.15, -0.1) is 0 Å². The van der Waals surface area contributed by atoms with Gasteiger partial charge in [0.05, 0.1) is 13.2 Å². The number of aliphatic hydroxyl groups excluding tert-OH is 1. The molecule has 0 radical (unpaired) electrons. The first-order valence-corrected chi connectivity index (χ1v) is 4.96. The first kappa shape index (κ1) is 11.9. The fraction of sp³-hybridized carbons (Fsp3) is 0.455. The van der Waals surface area contributed by atoms with E-state index in [1.54, 1.807) is 19.1 Å². The van der Waals surface area contributed by atoms with Gasteiger partial charge in [-0.2, -0.15) is 0 Å². The summed E-state index contributed by atoms with van der Waals surface area (Å²) < 4.78 is 18.5. The molecule has 0 fully saturated rings.